The van der Waals surface area contributed by atoms with Gasteiger partial charge in [0.15, 0.2) is 11.3 Å². The molecule has 0 aliphatic rings. The van der Waals surface area contributed by atoms with E-state index in [2.05, 4.69) is 24.0 Å². The molecule has 0 radical (unpaired) electrons. The average Bonchev–Trinajstić information content (AvgIpc) is 2.61. The van der Waals surface area contributed by atoms with Crippen LogP contribution in [0.1, 0.15) is 20.2 Å². The smallest absolute Gasteiger partial charge is 0.178 e. The summed E-state index contributed by atoms with van der Waals surface area (Å²) in [6.45, 7) is 4.04. The van der Waals surface area contributed by atoms with Crippen LogP contribution in [0, 0.1) is 13.8 Å². The molecule has 2 aromatic rings. The van der Waals surface area contributed by atoms with Crippen LogP contribution in [-0.2, 0) is 0 Å². The molecule has 2 nitrogen and oxygen atoms in total. The molecule has 0 amide bonds. The van der Waals surface area contributed by atoms with Crippen molar-refractivity contribution in [1.82, 2.24) is 4.98 Å². The molecule has 1 aromatic carbocycles. The third-order valence-corrected chi connectivity index (χ3v) is 3.14. The van der Waals surface area contributed by atoms with Gasteiger partial charge in [0.25, 0.3) is 0 Å². The molecular weight excluding hydrogens is 206 g/mol. The van der Waals surface area contributed by atoms with Gasteiger partial charge in [0.05, 0.1) is 5.69 Å². The first-order chi connectivity index (χ1) is 7.20. The molecule has 3 heteroatoms. The molecule has 0 spiro atoms. The molecule has 0 aliphatic carbocycles. The molecule has 76 valence electrons. The SMILES string of the molecule is Cc1ccc(-c2nc(C=O)sc2C)cc1. The quantitative estimate of drug-likeness (QED) is 0.723. The topological polar surface area (TPSA) is 30.0 Å². The van der Waals surface area contributed by atoms with Crippen LogP contribution in [0.15, 0.2) is 24.3 Å². The number of thiazole rings is 1. The summed E-state index contributed by atoms with van der Waals surface area (Å²) < 4.78 is 0. The summed E-state index contributed by atoms with van der Waals surface area (Å²) in [5, 5.41) is 0.545. The Bertz CT molecular complexity index is 485. The molecule has 0 aliphatic heterocycles. The van der Waals surface area contributed by atoms with Gasteiger partial charge in [-0.3, -0.25) is 4.79 Å². The van der Waals surface area contributed by atoms with E-state index in [9.17, 15) is 4.79 Å². The van der Waals surface area contributed by atoms with Gasteiger partial charge < -0.3 is 0 Å². The zero-order valence-corrected chi connectivity index (χ0v) is 9.47. The summed E-state index contributed by atoms with van der Waals surface area (Å²) in [7, 11) is 0. The van der Waals surface area contributed by atoms with Crippen LogP contribution in [0.25, 0.3) is 11.3 Å². The maximum Gasteiger partial charge on any atom is 0.178 e. The molecule has 0 atom stereocenters. The summed E-state index contributed by atoms with van der Waals surface area (Å²) in [4.78, 5) is 16.0. The maximum atomic E-state index is 10.6. The van der Waals surface area contributed by atoms with Gasteiger partial charge in [0.1, 0.15) is 0 Å². The normalized spacial score (nSPS) is 10.3. The summed E-state index contributed by atoms with van der Waals surface area (Å²) in [5.41, 5.74) is 3.21. The van der Waals surface area contributed by atoms with Gasteiger partial charge in [-0.05, 0) is 13.8 Å². The number of aryl methyl sites for hydroxylation is 2. The van der Waals surface area contributed by atoms with Crippen LogP contribution in [0.2, 0.25) is 0 Å². The molecule has 1 heterocycles. The second kappa shape index (κ2) is 3.95. The van der Waals surface area contributed by atoms with Gasteiger partial charge in [-0.25, -0.2) is 4.98 Å². The van der Waals surface area contributed by atoms with Crippen LogP contribution in [0.4, 0.5) is 0 Å². The molecule has 0 N–H and O–H groups in total. The lowest BCUT2D eigenvalue weighted by Gasteiger charge is -1.98. The Labute approximate surface area is 92.6 Å². The van der Waals surface area contributed by atoms with E-state index in [4.69, 9.17) is 0 Å². The highest BCUT2D eigenvalue weighted by atomic mass is 32.1. The van der Waals surface area contributed by atoms with Crippen LogP contribution >= 0.6 is 11.3 Å². The highest BCUT2D eigenvalue weighted by Crippen LogP contribution is 2.26. The molecule has 0 bridgehead atoms. The van der Waals surface area contributed by atoms with Crippen molar-refractivity contribution in [3.63, 3.8) is 0 Å². The van der Waals surface area contributed by atoms with E-state index in [1.54, 1.807) is 0 Å². The standard InChI is InChI=1S/C12H11NOS/c1-8-3-5-10(6-4-8)12-9(2)15-11(7-14)13-12/h3-7H,1-2H3. The summed E-state index contributed by atoms with van der Waals surface area (Å²) in [6, 6.07) is 8.17. The number of aldehydes is 1. The minimum atomic E-state index is 0.545. The number of rotatable bonds is 2. The molecule has 0 saturated carbocycles. The number of hydrogen-bond donors (Lipinski definition) is 0. The van der Waals surface area contributed by atoms with Crippen molar-refractivity contribution in [3.05, 3.63) is 39.7 Å². The summed E-state index contributed by atoms with van der Waals surface area (Å²) in [5.74, 6) is 0. The number of benzene rings is 1. The highest BCUT2D eigenvalue weighted by Gasteiger charge is 2.08. The Morgan fingerprint density at radius 1 is 1.20 bits per heavy atom. The number of carbonyl (C=O) groups is 1. The number of aromatic nitrogens is 1. The van der Waals surface area contributed by atoms with Crippen molar-refractivity contribution in [1.29, 1.82) is 0 Å². The van der Waals surface area contributed by atoms with E-state index in [1.165, 1.54) is 16.9 Å². The van der Waals surface area contributed by atoms with Crippen LogP contribution in [-0.4, -0.2) is 11.3 Å². The summed E-state index contributed by atoms with van der Waals surface area (Å²) >= 11 is 1.43. The van der Waals surface area contributed by atoms with E-state index < -0.39 is 0 Å². The summed E-state index contributed by atoms with van der Waals surface area (Å²) in [6.07, 6.45) is 0.801. The molecule has 0 unspecified atom stereocenters. The molecule has 1 aromatic heterocycles. The Kier molecular flexibility index (Phi) is 2.64. The number of nitrogens with zero attached hydrogens (tertiary/aromatic N) is 1. The lowest BCUT2D eigenvalue weighted by molar-refractivity contribution is 0.112. The monoisotopic (exact) mass is 217 g/mol. The van der Waals surface area contributed by atoms with E-state index in [0.29, 0.717) is 5.01 Å². The van der Waals surface area contributed by atoms with Crippen molar-refractivity contribution < 1.29 is 4.79 Å². The number of carbonyl (C=O) groups excluding carboxylic acids is 1. The van der Waals surface area contributed by atoms with Gasteiger partial charge in [-0.1, -0.05) is 29.8 Å². The van der Waals surface area contributed by atoms with Gasteiger partial charge in [-0.2, -0.15) is 0 Å². The Hall–Kier alpha value is -1.48. The zero-order valence-electron chi connectivity index (χ0n) is 8.65. The fourth-order valence-electron chi connectivity index (χ4n) is 1.45. The largest absolute Gasteiger partial charge is 0.295 e. The van der Waals surface area contributed by atoms with Crippen molar-refractivity contribution in [2.45, 2.75) is 13.8 Å². The molecular formula is C12H11NOS. The molecule has 15 heavy (non-hydrogen) atoms. The average molecular weight is 217 g/mol. The maximum absolute atomic E-state index is 10.6. The molecule has 2 rings (SSSR count). The fourth-order valence-corrected chi connectivity index (χ4v) is 2.21. The van der Waals surface area contributed by atoms with Crippen LogP contribution in [0.5, 0.6) is 0 Å². The van der Waals surface area contributed by atoms with E-state index in [0.717, 1.165) is 22.4 Å². The first-order valence-electron chi connectivity index (χ1n) is 4.70. The minimum Gasteiger partial charge on any atom is -0.295 e. The first kappa shape index (κ1) is 10.1. The van der Waals surface area contributed by atoms with E-state index in [1.807, 2.05) is 19.1 Å². The lowest BCUT2D eigenvalue weighted by Crippen LogP contribution is -1.82. The van der Waals surface area contributed by atoms with Crippen LogP contribution in [0.3, 0.4) is 0 Å². The second-order valence-corrected chi connectivity index (χ2v) is 4.68. The van der Waals surface area contributed by atoms with Gasteiger partial charge in [-0.15, -0.1) is 11.3 Å². The molecule has 0 fully saturated rings. The van der Waals surface area contributed by atoms with Gasteiger partial charge in [0, 0.05) is 10.4 Å². The van der Waals surface area contributed by atoms with E-state index >= 15 is 0 Å². The van der Waals surface area contributed by atoms with Gasteiger partial charge >= 0.3 is 0 Å². The fraction of sp³-hybridized carbons (Fsp3) is 0.167. The van der Waals surface area contributed by atoms with Crippen molar-refractivity contribution in [2.75, 3.05) is 0 Å². The van der Waals surface area contributed by atoms with E-state index in [-0.39, 0.29) is 0 Å². The van der Waals surface area contributed by atoms with Gasteiger partial charge in [0.2, 0.25) is 0 Å². The van der Waals surface area contributed by atoms with Crippen LogP contribution < -0.4 is 0 Å². The predicted molar refractivity (Wildman–Crippen MR) is 62.4 cm³/mol. The Morgan fingerprint density at radius 3 is 2.40 bits per heavy atom. The van der Waals surface area contributed by atoms with Crippen molar-refractivity contribution in [3.8, 4) is 11.3 Å². The first-order valence-corrected chi connectivity index (χ1v) is 5.52. The predicted octanol–water partition coefficient (Wildman–Crippen LogP) is 3.24. The number of hydrogen-bond acceptors (Lipinski definition) is 3. The zero-order chi connectivity index (χ0) is 10.8. The third kappa shape index (κ3) is 1.97. The Balaban J connectivity index is 2.48. The van der Waals surface area contributed by atoms with Crippen molar-refractivity contribution in [2.24, 2.45) is 0 Å². The minimum absolute atomic E-state index is 0.545. The molecule has 0 saturated heterocycles. The van der Waals surface area contributed by atoms with Crippen molar-refractivity contribution >= 4 is 17.6 Å². The third-order valence-electron chi connectivity index (χ3n) is 2.24. The lowest BCUT2D eigenvalue weighted by atomic mass is 10.1. The Morgan fingerprint density at radius 2 is 1.87 bits per heavy atom. The highest BCUT2D eigenvalue weighted by molar-refractivity contribution is 7.13. The second-order valence-electron chi connectivity index (χ2n) is 3.44.